The summed E-state index contributed by atoms with van der Waals surface area (Å²) in [5, 5.41) is 0. The number of fused-ring (bicyclic) bond motifs is 1. The van der Waals surface area contributed by atoms with Gasteiger partial charge >= 0.3 is 0 Å². The van der Waals surface area contributed by atoms with Gasteiger partial charge in [-0.2, -0.15) is 0 Å². The first-order valence-electron chi connectivity index (χ1n) is 7.17. The molecule has 2 aromatic rings. The summed E-state index contributed by atoms with van der Waals surface area (Å²) < 4.78 is 5.47. The zero-order valence-corrected chi connectivity index (χ0v) is 12.1. The van der Waals surface area contributed by atoms with Crippen molar-refractivity contribution in [2.45, 2.75) is 31.7 Å². The molecule has 1 aliphatic carbocycles. The summed E-state index contributed by atoms with van der Waals surface area (Å²) in [6.45, 7) is 2.07. The first kappa shape index (κ1) is 13.2. The Morgan fingerprint density at radius 1 is 1.25 bits per heavy atom. The zero-order valence-electron chi connectivity index (χ0n) is 12.1. The number of hydrogen-bond donors (Lipinski definition) is 1. The molecule has 2 aromatic carbocycles. The number of ether oxygens (including phenoxy) is 1. The molecule has 0 spiro atoms. The molecule has 0 radical (unpaired) electrons. The summed E-state index contributed by atoms with van der Waals surface area (Å²) in [5.41, 5.74) is 11.7. The van der Waals surface area contributed by atoms with Gasteiger partial charge in [-0.3, -0.25) is 0 Å². The van der Waals surface area contributed by atoms with Crippen molar-refractivity contribution < 1.29 is 4.74 Å². The Hall–Kier alpha value is -1.80. The van der Waals surface area contributed by atoms with Crippen molar-refractivity contribution in [3.63, 3.8) is 0 Å². The fourth-order valence-electron chi connectivity index (χ4n) is 3.13. The largest absolute Gasteiger partial charge is 0.496 e. The zero-order chi connectivity index (χ0) is 14.1. The number of benzene rings is 2. The Bertz CT molecular complexity index is 621. The quantitative estimate of drug-likeness (QED) is 0.916. The molecule has 104 valence electrons. The molecule has 0 saturated heterocycles. The van der Waals surface area contributed by atoms with E-state index in [4.69, 9.17) is 10.5 Å². The molecule has 2 nitrogen and oxygen atoms in total. The van der Waals surface area contributed by atoms with Gasteiger partial charge in [0.15, 0.2) is 0 Å². The molecule has 0 aromatic heterocycles. The van der Waals surface area contributed by atoms with Crippen LogP contribution < -0.4 is 10.5 Å². The van der Waals surface area contributed by atoms with E-state index in [-0.39, 0.29) is 6.04 Å². The minimum absolute atomic E-state index is 0.0314. The van der Waals surface area contributed by atoms with Crippen LogP contribution in [-0.2, 0) is 6.42 Å². The van der Waals surface area contributed by atoms with Crippen molar-refractivity contribution in [2.24, 2.45) is 5.73 Å². The molecule has 0 fully saturated rings. The van der Waals surface area contributed by atoms with Crippen molar-refractivity contribution in [3.05, 3.63) is 64.7 Å². The van der Waals surface area contributed by atoms with E-state index < -0.39 is 0 Å². The number of aryl methyl sites for hydroxylation is 1. The fraction of sp³-hybridized carbons (Fsp3) is 0.333. The summed E-state index contributed by atoms with van der Waals surface area (Å²) in [7, 11) is 1.71. The van der Waals surface area contributed by atoms with E-state index in [1.807, 2.05) is 0 Å². The highest BCUT2D eigenvalue weighted by atomic mass is 16.5. The Kier molecular flexibility index (Phi) is 3.49. The smallest absolute Gasteiger partial charge is 0.123 e. The second-order valence-electron chi connectivity index (χ2n) is 5.69. The third-order valence-corrected chi connectivity index (χ3v) is 4.29. The van der Waals surface area contributed by atoms with Gasteiger partial charge in [-0.05, 0) is 48.4 Å². The second kappa shape index (κ2) is 5.29. The number of hydrogen-bond acceptors (Lipinski definition) is 2. The Balaban J connectivity index is 1.76. The van der Waals surface area contributed by atoms with Crippen LogP contribution in [0.3, 0.4) is 0 Å². The van der Waals surface area contributed by atoms with Crippen molar-refractivity contribution in [3.8, 4) is 5.75 Å². The highest BCUT2D eigenvalue weighted by molar-refractivity contribution is 5.42. The molecular weight excluding hydrogens is 246 g/mol. The Morgan fingerprint density at radius 3 is 2.80 bits per heavy atom. The van der Waals surface area contributed by atoms with Crippen LogP contribution in [0.5, 0.6) is 5.75 Å². The van der Waals surface area contributed by atoms with Crippen LogP contribution in [0, 0.1) is 6.92 Å². The van der Waals surface area contributed by atoms with E-state index in [0.29, 0.717) is 5.92 Å². The van der Waals surface area contributed by atoms with Gasteiger partial charge in [-0.1, -0.05) is 36.4 Å². The molecule has 0 heterocycles. The maximum atomic E-state index is 6.41. The predicted molar refractivity (Wildman–Crippen MR) is 82.2 cm³/mol. The van der Waals surface area contributed by atoms with E-state index in [1.165, 1.54) is 16.7 Å². The Labute approximate surface area is 120 Å². The van der Waals surface area contributed by atoms with Crippen molar-refractivity contribution in [1.29, 1.82) is 0 Å². The van der Waals surface area contributed by atoms with Crippen molar-refractivity contribution >= 4 is 0 Å². The minimum atomic E-state index is 0.0314. The summed E-state index contributed by atoms with van der Waals surface area (Å²) in [6, 6.07) is 15.0. The molecule has 1 aliphatic rings. The number of nitrogens with two attached hydrogens (primary N) is 1. The van der Waals surface area contributed by atoms with Gasteiger partial charge in [0.1, 0.15) is 5.75 Å². The van der Waals surface area contributed by atoms with Crippen LogP contribution in [0.25, 0.3) is 0 Å². The monoisotopic (exact) mass is 267 g/mol. The molecule has 2 atom stereocenters. The van der Waals surface area contributed by atoms with Crippen LogP contribution in [-0.4, -0.2) is 7.11 Å². The van der Waals surface area contributed by atoms with Crippen LogP contribution >= 0.6 is 0 Å². The maximum absolute atomic E-state index is 6.41. The molecular formula is C18H21NO. The van der Waals surface area contributed by atoms with E-state index >= 15 is 0 Å². The van der Waals surface area contributed by atoms with Gasteiger partial charge in [0.2, 0.25) is 0 Å². The molecule has 20 heavy (non-hydrogen) atoms. The van der Waals surface area contributed by atoms with Crippen LogP contribution in [0.2, 0.25) is 0 Å². The minimum Gasteiger partial charge on any atom is -0.496 e. The van der Waals surface area contributed by atoms with E-state index in [9.17, 15) is 0 Å². The molecule has 0 saturated carbocycles. The molecule has 3 rings (SSSR count). The summed E-state index contributed by atoms with van der Waals surface area (Å²) in [4.78, 5) is 0. The first-order valence-corrected chi connectivity index (χ1v) is 7.17. The van der Waals surface area contributed by atoms with Gasteiger partial charge in [0.25, 0.3) is 0 Å². The second-order valence-corrected chi connectivity index (χ2v) is 5.69. The maximum Gasteiger partial charge on any atom is 0.123 e. The SMILES string of the molecule is COc1cc(C)ccc1C(N)CC1Cc2ccccc21. The van der Waals surface area contributed by atoms with E-state index in [2.05, 4.69) is 49.4 Å². The lowest BCUT2D eigenvalue weighted by Gasteiger charge is -2.32. The fourth-order valence-corrected chi connectivity index (χ4v) is 3.13. The van der Waals surface area contributed by atoms with E-state index in [0.717, 1.165) is 24.2 Å². The highest BCUT2D eigenvalue weighted by Gasteiger charge is 2.28. The van der Waals surface area contributed by atoms with Crippen molar-refractivity contribution in [2.75, 3.05) is 7.11 Å². The Morgan fingerprint density at radius 2 is 2.05 bits per heavy atom. The normalized spacial score (nSPS) is 18.1. The number of rotatable bonds is 4. The highest BCUT2D eigenvalue weighted by Crippen LogP contribution is 2.41. The summed E-state index contributed by atoms with van der Waals surface area (Å²) >= 11 is 0. The average molecular weight is 267 g/mol. The van der Waals surface area contributed by atoms with Gasteiger partial charge in [-0.15, -0.1) is 0 Å². The molecule has 0 aliphatic heterocycles. The molecule has 0 bridgehead atoms. The van der Waals surface area contributed by atoms with Crippen molar-refractivity contribution in [1.82, 2.24) is 0 Å². The molecule has 2 N–H and O–H groups in total. The van der Waals surface area contributed by atoms with Crippen LogP contribution in [0.1, 0.15) is 40.6 Å². The topological polar surface area (TPSA) is 35.2 Å². The molecule has 2 heteroatoms. The predicted octanol–water partition coefficient (Wildman–Crippen LogP) is 3.73. The number of methoxy groups -OCH3 is 1. The molecule has 0 amide bonds. The lowest BCUT2D eigenvalue weighted by atomic mass is 9.74. The lowest BCUT2D eigenvalue weighted by Crippen LogP contribution is -2.23. The third kappa shape index (κ3) is 2.32. The lowest BCUT2D eigenvalue weighted by molar-refractivity contribution is 0.399. The standard InChI is InChI=1S/C18H21NO/c1-12-7-8-16(18(9-12)20-2)17(19)11-14-10-13-5-3-4-6-15(13)14/h3-9,14,17H,10-11,19H2,1-2H3. The first-order chi connectivity index (χ1) is 9.69. The summed E-state index contributed by atoms with van der Waals surface area (Å²) in [6.07, 6.45) is 2.13. The average Bonchev–Trinajstić information content (AvgIpc) is 2.44. The van der Waals surface area contributed by atoms with Gasteiger partial charge < -0.3 is 10.5 Å². The van der Waals surface area contributed by atoms with Crippen LogP contribution in [0.15, 0.2) is 42.5 Å². The van der Waals surface area contributed by atoms with Gasteiger partial charge in [0, 0.05) is 11.6 Å². The summed E-state index contributed by atoms with van der Waals surface area (Å²) in [5.74, 6) is 1.50. The van der Waals surface area contributed by atoms with Gasteiger partial charge in [-0.25, -0.2) is 0 Å². The van der Waals surface area contributed by atoms with Crippen LogP contribution in [0.4, 0.5) is 0 Å². The molecule has 2 unspecified atom stereocenters. The third-order valence-electron chi connectivity index (χ3n) is 4.29. The van der Waals surface area contributed by atoms with Gasteiger partial charge in [0.05, 0.1) is 7.11 Å². The van der Waals surface area contributed by atoms with E-state index in [1.54, 1.807) is 7.11 Å².